The van der Waals surface area contributed by atoms with Gasteiger partial charge in [0.05, 0.1) is 12.8 Å². The first kappa shape index (κ1) is 18.2. The second kappa shape index (κ2) is 7.22. The van der Waals surface area contributed by atoms with Crippen LogP contribution < -0.4 is 34.7 Å². The Morgan fingerprint density at radius 3 is 1.88 bits per heavy atom. The predicted octanol–water partition coefficient (Wildman–Crippen LogP) is -5.44. The number of hydrogen-bond acceptors (Lipinski definition) is 7. The summed E-state index contributed by atoms with van der Waals surface area (Å²) in [6, 6.07) is 0. The van der Waals surface area contributed by atoms with Gasteiger partial charge in [0, 0.05) is 0 Å². The van der Waals surface area contributed by atoms with Crippen molar-refractivity contribution in [2.24, 2.45) is 0 Å². The van der Waals surface area contributed by atoms with Crippen LogP contribution in [0.2, 0.25) is 0 Å². The third-order valence-corrected chi connectivity index (χ3v) is 1.48. The van der Waals surface area contributed by atoms with Gasteiger partial charge in [-0.15, -0.1) is 0 Å². The van der Waals surface area contributed by atoms with Crippen molar-refractivity contribution in [3.63, 3.8) is 0 Å². The van der Waals surface area contributed by atoms with Crippen molar-refractivity contribution in [1.29, 1.82) is 0 Å². The minimum atomic E-state index is -2.92. The van der Waals surface area contributed by atoms with Crippen molar-refractivity contribution in [3.8, 4) is 0 Å². The summed E-state index contributed by atoms with van der Waals surface area (Å²) in [5, 5.41) is 35.8. The first-order valence-corrected chi connectivity index (χ1v) is 3.76. The van der Waals surface area contributed by atoms with Crippen LogP contribution in [0.1, 0.15) is 12.8 Å². The van der Waals surface area contributed by atoms with Crippen LogP contribution >= 0.6 is 0 Å². The molecule has 0 saturated carbocycles. The van der Waals surface area contributed by atoms with Gasteiger partial charge >= 0.3 is 41.5 Å². The number of aliphatic hydroxyl groups is 1. The molecule has 0 heterocycles. The average Bonchev–Trinajstić information content (AvgIpc) is 1.98. The Kier molecular flexibility index (Phi) is 7.74. The number of esters is 1. The van der Waals surface area contributed by atoms with Crippen molar-refractivity contribution >= 4 is 24.1 Å². The van der Waals surface area contributed by atoms with E-state index in [0.717, 1.165) is 0 Å². The normalized spacial score (nSPS) is 12.8. The molecule has 0 saturated heterocycles. The van der Waals surface area contributed by atoms with Crippen molar-refractivity contribution in [2.75, 3.05) is 0 Å². The minimum Gasteiger partial charge on any atom is -0.484 e. The zero-order valence-corrected chi connectivity index (χ0v) is 10.7. The smallest absolute Gasteiger partial charge is 0.484 e. The fourth-order valence-electron chi connectivity index (χ4n) is 0.832. The van der Waals surface area contributed by atoms with Crippen molar-refractivity contribution in [1.82, 2.24) is 0 Å². The molecular formula is C7H7NaO9. The Balaban J connectivity index is 0. The third kappa shape index (κ3) is 6.89. The second-order valence-electron chi connectivity index (χ2n) is 2.81. The maximum absolute atomic E-state index is 10.7. The molecule has 0 fully saturated rings. The van der Waals surface area contributed by atoms with Crippen LogP contribution in [0.4, 0.5) is 4.79 Å². The van der Waals surface area contributed by atoms with Gasteiger partial charge in [0.15, 0.2) is 5.60 Å². The van der Waals surface area contributed by atoms with Crippen LogP contribution in [0.3, 0.4) is 0 Å². The van der Waals surface area contributed by atoms with Gasteiger partial charge < -0.3 is 30.0 Å². The van der Waals surface area contributed by atoms with Crippen molar-refractivity contribution < 1.29 is 73.9 Å². The van der Waals surface area contributed by atoms with Gasteiger partial charge in [0.25, 0.3) is 6.16 Å². The Bertz CT molecular complexity index is 338. The molecule has 0 bridgehead atoms. The van der Waals surface area contributed by atoms with E-state index in [4.69, 9.17) is 10.2 Å². The predicted molar refractivity (Wildman–Crippen MR) is 40.9 cm³/mol. The van der Waals surface area contributed by atoms with Gasteiger partial charge in [0.1, 0.15) is 0 Å². The van der Waals surface area contributed by atoms with E-state index >= 15 is 0 Å². The van der Waals surface area contributed by atoms with Gasteiger partial charge in [-0.1, -0.05) is 0 Å². The fraction of sp³-hybridized carbons (Fsp3) is 0.429. The quantitative estimate of drug-likeness (QED) is 0.248. The Hall–Kier alpha value is -1.16. The largest absolute Gasteiger partial charge is 1.00 e. The van der Waals surface area contributed by atoms with E-state index in [1.165, 1.54) is 0 Å². The molecule has 0 aromatic heterocycles. The standard InChI is InChI=1S/C7H8O9.Na/c8-3(9)1-7(15,5(11)12)2-4(10)16-6(13)14;/h15H,1-2H2,(H,8,9)(H,11,12)(H,13,14);/q;+1/p-1. The molecule has 0 spiro atoms. The minimum absolute atomic E-state index is 0. The fourth-order valence-corrected chi connectivity index (χ4v) is 0.832. The van der Waals surface area contributed by atoms with E-state index in [1.807, 2.05) is 0 Å². The number of hydrogen-bond donors (Lipinski definition) is 3. The van der Waals surface area contributed by atoms with E-state index < -0.39 is 42.5 Å². The number of carbonyl (C=O) groups is 4. The first-order chi connectivity index (χ1) is 7.17. The van der Waals surface area contributed by atoms with Crippen LogP contribution in [0.5, 0.6) is 0 Å². The molecule has 9 nitrogen and oxygen atoms in total. The molecule has 1 atom stereocenters. The summed E-state index contributed by atoms with van der Waals surface area (Å²) in [6.07, 6.45) is -4.82. The number of carboxylic acid groups (broad SMARTS) is 3. The molecule has 17 heavy (non-hydrogen) atoms. The third-order valence-electron chi connectivity index (χ3n) is 1.48. The maximum Gasteiger partial charge on any atom is 1.00 e. The number of carboxylic acids is 2. The zero-order chi connectivity index (χ0) is 12.9. The Morgan fingerprint density at radius 1 is 1.12 bits per heavy atom. The van der Waals surface area contributed by atoms with E-state index in [0.29, 0.717) is 0 Å². The molecule has 1 unspecified atom stereocenters. The van der Waals surface area contributed by atoms with Gasteiger partial charge in [-0.2, -0.15) is 0 Å². The summed E-state index contributed by atoms with van der Waals surface area (Å²) in [5.41, 5.74) is -2.92. The molecule has 0 aliphatic carbocycles. The average molecular weight is 258 g/mol. The van der Waals surface area contributed by atoms with Gasteiger partial charge in [-0.25, -0.2) is 4.79 Å². The Morgan fingerprint density at radius 2 is 1.59 bits per heavy atom. The molecule has 0 aliphatic rings. The molecule has 3 N–H and O–H groups in total. The van der Waals surface area contributed by atoms with E-state index in [-0.39, 0.29) is 29.6 Å². The zero-order valence-electron chi connectivity index (χ0n) is 8.71. The molecule has 0 rings (SSSR count). The molecule has 0 aromatic rings. The second-order valence-corrected chi connectivity index (χ2v) is 2.81. The van der Waals surface area contributed by atoms with E-state index in [9.17, 15) is 29.4 Å². The number of carbonyl (C=O) groups excluding carboxylic acids is 2. The molecule has 0 aliphatic heterocycles. The number of aliphatic carboxylic acids is 2. The van der Waals surface area contributed by atoms with Gasteiger partial charge in [-0.3, -0.25) is 9.59 Å². The summed E-state index contributed by atoms with van der Waals surface area (Å²) < 4.78 is 3.43. The monoisotopic (exact) mass is 258 g/mol. The van der Waals surface area contributed by atoms with Crippen LogP contribution in [0.15, 0.2) is 0 Å². The molecular weight excluding hydrogens is 251 g/mol. The van der Waals surface area contributed by atoms with Gasteiger partial charge in [-0.05, 0) is 0 Å². The summed E-state index contributed by atoms with van der Waals surface area (Å²) in [6.45, 7) is 0. The number of rotatable bonds is 5. The summed E-state index contributed by atoms with van der Waals surface area (Å²) in [7, 11) is 0. The molecule has 0 amide bonds. The topological polar surface area (TPSA) is 161 Å². The van der Waals surface area contributed by atoms with E-state index in [1.54, 1.807) is 0 Å². The Labute approximate surface area is 116 Å². The molecule has 0 radical (unpaired) electrons. The summed E-state index contributed by atoms with van der Waals surface area (Å²) >= 11 is 0. The maximum atomic E-state index is 10.7. The van der Waals surface area contributed by atoms with Crippen molar-refractivity contribution in [2.45, 2.75) is 18.4 Å². The first-order valence-electron chi connectivity index (χ1n) is 3.76. The van der Waals surface area contributed by atoms with Crippen LogP contribution in [-0.2, 0) is 19.1 Å². The van der Waals surface area contributed by atoms with E-state index in [2.05, 4.69) is 4.74 Å². The summed E-state index contributed by atoms with van der Waals surface area (Å²) in [5.74, 6) is -5.28. The van der Waals surface area contributed by atoms with Crippen molar-refractivity contribution in [3.05, 3.63) is 0 Å². The number of ether oxygens (including phenoxy) is 1. The molecule has 10 heteroatoms. The van der Waals surface area contributed by atoms with Crippen LogP contribution in [0, 0.1) is 0 Å². The molecule has 0 aromatic carbocycles. The van der Waals surface area contributed by atoms with Crippen LogP contribution in [0.25, 0.3) is 0 Å². The SMILES string of the molecule is O=C(O)CC(O)(CC(=O)OC(=O)[O-])C(=O)O.[Na+]. The molecule has 90 valence electrons. The van der Waals surface area contributed by atoms with Crippen LogP contribution in [-0.4, -0.2) is 45.0 Å². The summed E-state index contributed by atoms with van der Waals surface area (Å²) in [4.78, 5) is 41.2. The van der Waals surface area contributed by atoms with Gasteiger partial charge in [0.2, 0.25) is 5.97 Å².